The number of methoxy groups -OCH3 is 1. The highest BCUT2D eigenvalue weighted by Gasteiger charge is 2.35. The molecule has 0 radical (unpaired) electrons. The molecule has 1 unspecified atom stereocenters. The second-order valence-electron chi connectivity index (χ2n) is 4.07. The van der Waals surface area contributed by atoms with Crippen LogP contribution >= 0.6 is 0 Å². The molecule has 1 aromatic rings. The lowest BCUT2D eigenvalue weighted by molar-refractivity contribution is -0.123. The third-order valence-electron chi connectivity index (χ3n) is 2.83. The Hall–Kier alpha value is -2.51. The first-order valence-corrected chi connectivity index (χ1v) is 5.53. The number of primary amides is 1. The van der Waals surface area contributed by atoms with E-state index in [0.29, 0.717) is 0 Å². The van der Waals surface area contributed by atoms with Gasteiger partial charge in [0, 0.05) is 25.4 Å². The van der Waals surface area contributed by atoms with Crippen LogP contribution in [0, 0.1) is 5.92 Å². The zero-order valence-corrected chi connectivity index (χ0v) is 10.2. The monoisotopic (exact) mass is 264 g/mol. The summed E-state index contributed by atoms with van der Waals surface area (Å²) in [5, 5.41) is 0. The Morgan fingerprint density at radius 2 is 2.05 bits per heavy atom. The Bertz CT molecular complexity index is 528. The topological polar surface area (TPSA) is 115 Å². The van der Waals surface area contributed by atoms with Gasteiger partial charge in [-0.15, -0.1) is 0 Å². The summed E-state index contributed by atoms with van der Waals surface area (Å²) in [6.07, 6.45) is 2.58. The number of amides is 2. The fourth-order valence-electron chi connectivity index (χ4n) is 1.78. The summed E-state index contributed by atoms with van der Waals surface area (Å²) in [6.45, 7) is 0.158. The number of hydrogen-bond acceptors (Lipinski definition) is 6. The second kappa shape index (κ2) is 5.01. The third-order valence-corrected chi connectivity index (χ3v) is 2.83. The molecule has 1 aromatic heterocycles. The largest absolute Gasteiger partial charge is 0.465 e. The maximum absolute atomic E-state index is 11.7. The van der Waals surface area contributed by atoms with E-state index in [9.17, 15) is 14.4 Å². The molecule has 2 heterocycles. The fourth-order valence-corrected chi connectivity index (χ4v) is 1.78. The van der Waals surface area contributed by atoms with Crippen LogP contribution in [0.3, 0.4) is 0 Å². The first-order valence-electron chi connectivity index (χ1n) is 5.53. The van der Waals surface area contributed by atoms with Crippen LogP contribution in [0.4, 0.5) is 5.95 Å². The van der Waals surface area contributed by atoms with Gasteiger partial charge in [-0.2, -0.15) is 0 Å². The predicted molar refractivity (Wildman–Crippen MR) is 63.0 cm³/mol. The lowest BCUT2D eigenvalue weighted by Crippen LogP contribution is -2.29. The summed E-state index contributed by atoms with van der Waals surface area (Å²) in [7, 11) is 1.25. The molecule has 19 heavy (non-hydrogen) atoms. The molecule has 0 saturated carbocycles. The van der Waals surface area contributed by atoms with Crippen molar-refractivity contribution in [3.63, 3.8) is 0 Å². The quantitative estimate of drug-likeness (QED) is 0.707. The van der Waals surface area contributed by atoms with E-state index < -0.39 is 17.8 Å². The minimum Gasteiger partial charge on any atom is -0.465 e. The van der Waals surface area contributed by atoms with Gasteiger partial charge in [-0.25, -0.2) is 14.8 Å². The van der Waals surface area contributed by atoms with Gasteiger partial charge >= 0.3 is 5.97 Å². The zero-order chi connectivity index (χ0) is 14.0. The molecule has 1 fully saturated rings. The van der Waals surface area contributed by atoms with E-state index >= 15 is 0 Å². The number of rotatable bonds is 3. The van der Waals surface area contributed by atoms with Gasteiger partial charge in [-0.3, -0.25) is 14.5 Å². The van der Waals surface area contributed by atoms with Crippen molar-refractivity contribution in [3.8, 4) is 0 Å². The van der Waals surface area contributed by atoms with Crippen molar-refractivity contribution in [1.82, 2.24) is 9.97 Å². The molecule has 1 aliphatic heterocycles. The molecule has 0 aromatic carbocycles. The summed E-state index contributed by atoms with van der Waals surface area (Å²) < 4.78 is 4.51. The van der Waals surface area contributed by atoms with Crippen LogP contribution in [0.25, 0.3) is 0 Å². The zero-order valence-electron chi connectivity index (χ0n) is 10.2. The first-order chi connectivity index (χ1) is 9.02. The van der Waals surface area contributed by atoms with Crippen LogP contribution in [0.5, 0.6) is 0 Å². The van der Waals surface area contributed by atoms with E-state index in [1.165, 1.54) is 24.4 Å². The average Bonchev–Trinajstić information content (AvgIpc) is 2.80. The Balaban J connectivity index is 2.17. The van der Waals surface area contributed by atoms with Crippen molar-refractivity contribution in [2.45, 2.75) is 6.42 Å². The summed E-state index contributed by atoms with van der Waals surface area (Å²) >= 11 is 0. The smallest absolute Gasteiger partial charge is 0.341 e. The van der Waals surface area contributed by atoms with Crippen LogP contribution in [-0.2, 0) is 14.3 Å². The molecule has 8 heteroatoms. The number of aromatic nitrogens is 2. The molecule has 1 atom stereocenters. The standard InChI is InChI=1S/C11H12N4O4/c1-19-10(18)7-3-13-11(14-4-7)15-5-6(9(12)17)2-8(15)16/h3-4,6H,2,5H2,1H3,(H2,12,17). The number of nitrogens with two attached hydrogens (primary N) is 1. The van der Waals surface area contributed by atoms with Gasteiger partial charge in [0.25, 0.3) is 0 Å². The van der Waals surface area contributed by atoms with Crippen LogP contribution in [-0.4, -0.2) is 41.4 Å². The molecular weight excluding hydrogens is 252 g/mol. The Labute approximate surface area is 108 Å². The molecule has 0 bridgehead atoms. The van der Waals surface area contributed by atoms with Gasteiger partial charge in [-0.1, -0.05) is 0 Å². The summed E-state index contributed by atoms with van der Waals surface area (Å²) in [6, 6.07) is 0. The molecule has 2 amide bonds. The molecule has 1 saturated heterocycles. The van der Waals surface area contributed by atoms with E-state index in [2.05, 4.69) is 14.7 Å². The van der Waals surface area contributed by atoms with Crippen molar-refractivity contribution in [2.24, 2.45) is 11.7 Å². The highest BCUT2D eigenvalue weighted by atomic mass is 16.5. The number of anilines is 1. The molecular formula is C11H12N4O4. The number of hydrogen-bond donors (Lipinski definition) is 1. The van der Waals surface area contributed by atoms with Gasteiger partial charge in [0.1, 0.15) is 0 Å². The molecule has 0 aliphatic carbocycles. The second-order valence-corrected chi connectivity index (χ2v) is 4.07. The van der Waals surface area contributed by atoms with Gasteiger partial charge in [-0.05, 0) is 0 Å². The van der Waals surface area contributed by atoms with Crippen LogP contribution < -0.4 is 10.6 Å². The van der Waals surface area contributed by atoms with Gasteiger partial charge in [0.2, 0.25) is 17.8 Å². The molecule has 0 spiro atoms. The highest BCUT2D eigenvalue weighted by molar-refractivity contribution is 5.99. The maximum atomic E-state index is 11.7. The van der Waals surface area contributed by atoms with Crippen molar-refractivity contribution in [1.29, 1.82) is 0 Å². The van der Waals surface area contributed by atoms with Crippen LogP contribution in [0.15, 0.2) is 12.4 Å². The molecule has 2 N–H and O–H groups in total. The third kappa shape index (κ3) is 2.51. The van der Waals surface area contributed by atoms with E-state index in [0.717, 1.165) is 0 Å². The normalized spacial score (nSPS) is 18.5. The Morgan fingerprint density at radius 1 is 1.42 bits per heavy atom. The average molecular weight is 264 g/mol. The molecule has 100 valence electrons. The summed E-state index contributed by atoms with van der Waals surface area (Å²) in [5.41, 5.74) is 5.35. The number of carbonyl (C=O) groups is 3. The van der Waals surface area contributed by atoms with E-state index in [1.807, 2.05) is 0 Å². The number of carbonyl (C=O) groups excluding carboxylic acids is 3. The Kier molecular flexibility index (Phi) is 3.41. The van der Waals surface area contributed by atoms with Crippen LogP contribution in [0.2, 0.25) is 0 Å². The van der Waals surface area contributed by atoms with Crippen molar-refractivity contribution >= 4 is 23.7 Å². The highest BCUT2D eigenvalue weighted by Crippen LogP contribution is 2.21. The molecule has 1 aliphatic rings. The minimum absolute atomic E-state index is 0.0530. The first kappa shape index (κ1) is 12.9. The van der Waals surface area contributed by atoms with Crippen LogP contribution in [0.1, 0.15) is 16.8 Å². The van der Waals surface area contributed by atoms with E-state index in [4.69, 9.17) is 5.73 Å². The van der Waals surface area contributed by atoms with Gasteiger partial charge in [0.15, 0.2) is 0 Å². The maximum Gasteiger partial charge on any atom is 0.341 e. The lowest BCUT2D eigenvalue weighted by Gasteiger charge is -2.13. The van der Waals surface area contributed by atoms with Gasteiger partial charge < -0.3 is 10.5 Å². The summed E-state index contributed by atoms with van der Waals surface area (Å²) in [5.74, 6) is -1.75. The van der Waals surface area contributed by atoms with Crippen molar-refractivity contribution < 1.29 is 19.1 Å². The van der Waals surface area contributed by atoms with Crippen molar-refractivity contribution in [3.05, 3.63) is 18.0 Å². The number of ether oxygens (including phenoxy) is 1. The lowest BCUT2D eigenvalue weighted by atomic mass is 10.1. The summed E-state index contributed by atoms with van der Waals surface area (Å²) in [4.78, 5) is 43.1. The Morgan fingerprint density at radius 3 is 2.53 bits per heavy atom. The molecule has 8 nitrogen and oxygen atoms in total. The fraction of sp³-hybridized carbons (Fsp3) is 0.364. The van der Waals surface area contributed by atoms with Gasteiger partial charge in [0.05, 0.1) is 18.6 Å². The van der Waals surface area contributed by atoms with E-state index in [-0.39, 0.29) is 30.4 Å². The number of nitrogens with zero attached hydrogens (tertiary/aromatic N) is 3. The number of esters is 1. The van der Waals surface area contributed by atoms with Crippen molar-refractivity contribution in [2.75, 3.05) is 18.6 Å². The predicted octanol–water partition coefficient (Wildman–Crippen LogP) is -0.899. The molecule has 2 rings (SSSR count). The van der Waals surface area contributed by atoms with E-state index in [1.54, 1.807) is 0 Å². The SMILES string of the molecule is COC(=O)c1cnc(N2CC(C(N)=O)CC2=O)nc1. The minimum atomic E-state index is -0.561.